The molecule has 1 saturated heterocycles. The van der Waals surface area contributed by atoms with E-state index in [1.165, 1.54) is 4.88 Å². The highest BCUT2D eigenvalue weighted by Crippen LogP contribution is 2.33. The molecule has 1 atom stereocenters. The molecule has 3 heterocycles. The molecule has 2 aromatic heterocycles. The first-order valence-corrected chi connectivity index (χ1v) is 8.95. The van der Waals surface area contributed by atoms with Gasteiger partial charge in [-0.25, -0.2) is 0 Å². The predicted molar refractivity (Wildman–Crippen MR) is 93.9 cm³/mol. The Morgan fingerprint density at radius 3 is 2.61 bits per heavy atom. The van der Waals surface area contributed by atoms with Gasteiger partial charge in [0, 0.05) is 29.4 Å². The van der Waals surface area contributed by atoms with Crippen LogP contribution in [0, 0.1) is 27.7 Å². The van der Waals surface area contributed by atoms with Gasteiger partial charge in [-0.15, -0.1) is 11.3 Å². The fraction of sp³-hybridized carbons (Fsp3) is 0.500. The largest absolute Gasteiger partial charge is 0.376 e. The molecule has 0 radical (unpaired) electrons. The van der Waals surface area contributed by atoms with Crippen LogP contribution in [0.2, 0.25) is 0 Å². The smallest absolute Gasteiger partial charge is 0.254 e. The molecule has 1 aliphatic rings. The molecule has 0 saturated carbocycles. The number of hydrogen-bond acceptors (Lipinski definition) is 3. The van der Waals surface area contributed by atoms with E-state index < -0.39 is 0 Å². The quantitative estimate of drug-likeness (QED) is 0.928. The first kappa shape index (κ1) is 16.3. The maximum absolute atomic E-state index is 12.8. The van der Waals surface area contributed by atoms with Crippen molar-refractivity contribution in [2.75, 3.05) is 13.2 Å². The maximum Gasteiger partial charge on any atom is 0.254 e. The number of amides is 1. The van der Waals surface area contributed by atoms with Crippen LogP contribution >= 0.6 is 11.3 Å². The molecule has 4 nitrogen and oxygen atoms in total. The molecular weight excluding hydrogens is 308 g/mol. The summed E-state index contributed by atoms with van der Waals surface area (Å²) in [6.45, 7) is 9.66. The summed E-state index contributed by atoms with van der Waals surface area (Å²) in [7, 11) is 0. The molecule has 3 rings (SSSR count). The Kier molecular flexibility index (Phi) is 4.60. The minimum atomic E-state index is 0.00449. The SMILES string of the molecule is Cc1sc(-n2c(C)ccc2C)c(C(=O)NC[C@@H]2CCCO2)c1C. The molecule has 2 aromatic rings. The van der Waals surface area contributed by atoms with Gasteiger partial charge in [-0.1, -0.05) is 0 Å². The molecule has 0 spiro atoms. The van der Waals surface area contributed by atoms with Gasteiger partial charge in [0.15, 0.2) is 0 Å². The predicted octanol–water partition coefficient (Wildman–Crippen LogP) is 3.68. The Morgan fingerprint density at radius 2 is 2.00 bits per heavy atom. The van der Waals surface area contributed by atoms with Gasteiger partial charge in [-0.3, -0.25) is 4.79 Å². The monoisotopic (exact) mass is 332 g/mol. The Bertz CT molecular complexity index is 704. The lowest BCUT2D eigenvalue weighted by Crippen LogP contribution is -2.32. The second kappa shape index (κ2) is 6.49. The summed E-state index contributed by atoms with van der Waals surface area (Å²) in [5.74, 6) is 0.00449. The van der Waals surface area contributed by atoms with Gasteiger partial charge in [0.05, 0.1) is 11.7 Å². The number of nitrogens with zero attached hydrogens (tertiary/aromatic N) is 1. The third kappa shape index (κ3) is 3.08. The van der Waals surface area contributed by atoms with Crippen LogP contribution in [0.25, 0.3) is 5.00 Å². The fourth-order valence-electron chi connectivity index (χ4n) is 3.12. The highest BCUT2D eigenvalue weighted by molar-refractivity contribution is 7.15. The van der Waals surface area contributed by atoms with E-state index in [1.807, 2.05) is 6.92 Å². The average Bonchev–Trinajstić information content (AvgIpc) is 3.20. The summed E-state index contributed by atoms with van der Waals surface area (Å²) < 4.78 is 7.77. The van der Waals surface area contributed by atoms with Gasteiger partial charge in [0.25, 0.3) is 5.91 Å². The number of thiophene rings is 1. The zero-order valence-corrected chi connectivity index (χ0v) is 15.0. The molecule has 0 bridgehead atoms. The topological polar surface area (TPSA) is 43.3 Å². The van der Waals surface area contributed by atoms with Crippen LogP contribution < -0.4 is 5.32 Å². The number of aromatic nitrogens is 1. The van der Waals surface area contributed by atoms with Crippen LogP contribution in [0.3, 0.4) is 0 Å². The van der Waals surface area contributed by atoms with Gasteiger partial charge >= 0.3 is 0 Å². The zero-order valence-electron chi connectivity index (χ0n) is 14.2. The van der Waals surface area contributed by atoms with E-state index >= 15 is 0 Å². The van der Waals surface area contributed by atoms with Crippen LogP contribution in [-0.2, 0) is 4.74 Å². The fourth-order valence-corrected chi connectivity index (χ4v) is 4.40. The Balaban J connectivity index is 1.90. The molecule has 0 unspecified atom stereocenters. The summed E-state index contributed by atoms with van der Waals surface area (Å²) in [5, 5.41) is 4.08. The molecule has 1 aliphatic heterocycles. The molecule has 0 aliphatic carbocycles. The highest BCUT2D eigenvalue weighted by atomic mass is 32.1. The number of rotatable bonds is 4. The molecule has 1 N–H and O–H groups in total. The van der Waals surface area contributed by atoms with Crippen LogP contribution in [-0.4, -0.2) is 29.7 Å². The van der Waals surface area contributed by atoms with Gasteiger partial charge in [0.1, 0.15) is 5.00 Å². The van der Waals surface area contributed by atoms with Crippen molar-refractivity contribution in [1.82, 2.24) is 9.88 Å². The number of aryl methyl sites for hydroxylation is 3. The van der Waals surface area contributed by atoms with E-state index in [2.05, 4.69) is 42.8 Å². The standard InChI is InChI=1S/C18H24N2O2S/c1-11-7-8-12(2)20(11)18-16(13(3)14(4)23-18)17(21)19-10-15-6-5-9-22-15/h7-8,15H,5-6,9-10H2,1-4H3,(H,19,21)/t15-/m0/s1. The molecule has 23 heavy (non-hydrogen) atoms. The van der Waals surface area contributed by atoms with Gasteiger partial charge in [-0.2, -0.15) is 0 Å². The van der Waals surface area contributed by atoms with Crippen molar-refractivity contribution in [3.8, 4) is 5.00 Å². The number of carbonyl (C=O) groups excluding carboxylic acids is 1. The van der Waals surface area contributed by atoms with Crippen LogP contribution in [0.15, 0.2) is 12.1 Å². The van der Waals surface area contributed by atoms with Gasteiger partial charge in [-0.05, 0) is 58.2 Å². The summed E-state index contributed by atoms with van der Waals surface area (Å²) >= 11 is 1.68. The number of hydrogen-bond donors (Lipinski definition) is 1. The zero-order chi connectivity index (χ0) is 16.6. The average molecular weight is 332 g/mol. The highest BCUT2D eigenvalue weighted by Gasteiger charge is 2.23. The number of nitrogens with one attached hydrogen (secondary N) is 1. The first-order valence-electron chi connectivity index (χ1n) is 8.14. The molecule has 1 amide bonds. The van der Waals surface area contributed by atoms with Crippen molar-refractivity contribution in [3.63, 3.8) is 0 Å². The Morgan fingerprint density at radius 1 is 1.30 bits per heavy atom. The van der Waals surface area contributed by atoms with Crippen molar-refractivity contribution >= 4 is 17.2 Å². The minimum Gasteiger partial charge on any atom is -0.376 e. The van der Waals surface area contributed by atoms with Crippen molar-refractivity contribution in [1.29, 1.82) is 0 Å². The lowest BCUT2D eigenvalue weighted by molar-refractivity contribution is 0.0857. The summed E-state index contributed by atoms with van der Waals surface area (Å²) in [6.07, 6.45) is 2.28. The van der Waals surface area contributed by atoms with Crippen molar-refractivity contribution in [3.05, 3.63) is 39.5 Å². The lowest BCUT2D eigenvalue weighted by Gasteiger charge is -2.13. The summed E-state index contributed by atoms with van der Waals surface area (Å²) in [5.41, 5.74) is 4.17. The Hall–Kier alpha value is -1.59. The third-order valence-corrected chi connectivity index (χ3v) is 5.77. The van der Waals surface area contributed by atoms with Crippen LogP contribution in [0.5, 0.6) is 0 Å². The second-order valence-electron chi connectivity index (χ2n) is 6.26. The van der Waals surface area contributed by atoms with Crippen LogP contribution in [0.1, 0.15) is 45.0 Å². The van der Waals surface area contributed by atoms with E-state index in [9.17, 15) is 4.79 Å². The van der Waals surface area contributed by atoms with E-state index in [-0.39, 0.29) is 12.0 Å². The lowest BCUT2D eigenvalue weighted by atomic mass is 10.1. The molecule has 1 fully saturated rings. The van der Waals surface area contributed by atoms with Crippen molar-refractivity contribution < 1.29 is 9.53 Å². The molecule has 5 heteroatoms. The molecular formula is C18H24N2O2S. The summed E-state index contributed by atoms with van der Waals surface area (Å²) in [4.78, 5) is 14.0. The van der Waals surface area contributed by atoms with Crippen LogP contribution in [0.4, 0.5) is 0 Å². The number of ether oxygens (including phenoxy) is 1. The normalized spacial score (nSPS) is 17.7. The number of carbonyl (C=O) groups is 1. The third-order valence-electron chi connectivity index (χ3n) is 4.58. The van der Waals surface area contributed by atoms with E-state index in [0.29, 0.717) is 6.54 Å². The van der Waals surface area contributed by atoms with E-state index in [4.69, 9.17) is 4.74 Å². The Labute approximate surface area is 141 Å². The van der Waals surface area contributed by atoms with Crippen molar-refractivity contribution in [2.45, 2.75) is 46.6 Å². The van der Waals surface area contributed by atoms with Crippen molar-refractivity contribution in [2.24, 2.45) is 0 Å². The minimum absolute atomic E-state index is 0.00449. The van der Waals surface area contributed by atoms with E-state index in [0.717, 1.165) is 47.0 Å². The van der Waals surface area contributed by atoms with Gasteiger partial charge in [0.2, 0.25) is 0 Å². The first-order chi connectivity index (χ1) is 11.0. The summed E-state index contributed by atoms with van der Waals surface area (Å²) in [6, 6.07) is 4.18. The van der Waals surface area contributed by atoms with E-state index in [1.54, 1.807) is 11.3 Å². The molecule has 124 valence electrons. The maximum atomic E-state index is 12.8. The molecule has 0 aromatic carbocycles. The second-order valence-corrected chi connectivity index (χ2v) is 7.46. The van der Waals surface area contributed by atoms with Gasteiger partial charge < -0.3 is 14.6 Å².